The van der Waals surface area contributed by atoms with Crippen molar-refractivity contribution in [2.75, 3.05) is 19.7 Å². The summed E-state index contributed by atoms with van der Waals surface area (Å²) in [6.07, 6.45) is 11.1. The Morgan fingerprint density at radius 3 is 2.54 bits per heavy atom. The van der Waals surface area contributed by atoms with E-state index in [2.05, 4.69) is 12.2 Å². The van der Waals surface area contributed by atoms with Gasteiger partial charge in [0.15, 0.2) is 0 Å². The Kier molecular flexibility index (Phi) is 11.0. The lowest BCUT2D eigenvalue weighted by atomic mass is 9.97. The molecule has 0 spiro atoms. The van der Waals surface area contributed by atoms with Crippen molar-refractivity contribution in [2.24, 2.45) is 5.92 Å². The molecule has 5 nitrogen and oxygen atoms in total. The molecule has 140 valence electrons. The van der Waals surface area contributed by atoms with Gasteiger partial charge in [0, 0.05) is 19.7 Å². The molecule has 1 rings (SSSR count). The maximum absolute atomic E-state index is 12.0. The third kappa shape index (κ3) is 7.77. The number of likely N-dealkylation sites (tertiary alicyclic amines) is 1. The molecular weight excluding hydrogens is 304 g/mol. The van der Waals surface area contributed by atoms with Crippen molar-refractivity contribution in [3.8, 4) is 0 Å². The first-order valence-electron chi connectivity index (χ1n) is 9.62. The zero-order valence-corrected chi connectivity index (χ0v) is 15.4. The van der Waals surface area contributed by atoms with Crippen molar-refractivity contribution in [3.05, 3.63) is 12.2 Å². The Bertz CT molecular complexity index is 366. The maximum Gasteiger partial charge on any atom is 0.244 e. The zero-order chi connectivity index (χ0) is 17.8. The number of rotatable bonds is 11. The fourth-order valence-electron chi connectivity index (χ4n) is 3.15. The molecule has 1 saturated heterocycles. The van der Waals surface area contributed by atoms with E-state index in [1.807, 2.05) is 17.9 Å². The zero-order valence-electron chi connectivity index (χ0n) is 15.4. The van der Waals surface area contributed by atoms with Gasteiger partial charge in [-0.3, -0.25) is 9.69 Å². The molecule has 3 N–H and O–H groups in total. The molecule has 0 aromatic heterocycles. The Balaban J connectivity index is 2.34. The fourth-order valence-corrected chi connectivity index (χ4v) is 3.15. The van der Waals surface area contributed by atoms with Gasteiger partial charge in [-0.2, -0.15) is 0 Å². The van der Waals surface area contributed by atoms with Crippen LogP contribution in [0.4, 0.5) is 0 Å². The van der Waals surface area contributed by atoms with Crippen molar-refractivity contribution < 1.29 is 15.0 Å². The van der Waals surface area contributed by atoms with E-state index in [-0.39, 0.29) is 18.6 Å². The number of amides is 1. The number of carbonyl (C=O) groups is 1. The van der Waals surface area contributed by atoms with E-state index in [1.54, 1.807) is 6.08 Å². The van der Waals surface area contributed by atoms with E-state index in [9.17, 15) is 15.0 Å². The van der Waals surface area contributed by atoms with Crippen molar-refractivity contribution in [2.45, 2.75) is 77.5 Å². The average molecular weight is 341 g/mol. The number of aliphatic hydroxyl groups is 2. The summed E-state index contributed by atoms with van der Waals surface area (Å²) in [5, 5.41) is 22.7. The third-order valence-corrected chi connectivity index (χ3v) is 4.90. The molecule has 0 bridgehead atoms. The Morgan fingerprint density at radius 2 is 1.96 bits per heavy atom. The van der Waals surface area contributed by atoms with Gasteiger partial charge in [-0.15, -0.1) is 0 Å². The van der Waals surface area contributed by atoms with Crippen LogP contribution in [0.1, 0.15) is 65.2 Å². The fraction of sp³-hybridized carbons (Fsp3) is 0.842. The number of allylic oxidation sites excluding steroid dienone is 1. The van der Waals surface area contributed by atoms with Gasteiger partial charge >= 0.3 is 0 Å². The van der Waals surface area contributed by atoms with Gasteiger partial charge in [0.05, 0.1) is 6.04 Å². The number of unbranched alkanes of at least 4 members (excludes halogenated alkanes) is 4. The summed E-state index contributed by atoms with van der Waals surface area (Å²) in [6.45, 7) is 5.92. The van der Waals surface area contributed by atoms with Gasteiger partial charge in [-0.1, -0.05) is 39.2 Å². The average Bonchev–Trinajstić information content (AvgIpc) is 2.62. The monoisotopic (exact) mass is 340 g/mol. The highest BCUT2D eigenvalue weighted by molar-refractivity contribution is 5.87. The van der Waals surface area contributed by atoms with Crippen LogP contribution >= 0.6 is 0 Å². The second-order valence-electron chi connectivity index (χ2n) is 6.85. The summed E-state index contributed by atoms with van der Waals surface area (Å²) in [7, 11) is 0. The first-order chi connectivity index (χ1) is 11.6. The largest absolute Gasteiger partial charge is 0.396 e. The van der Waals surface area contributed by atoms with E-state index in [0.717, 1.165) is 38.8 Å². The minimum Gasteiger partial charge on any atom is -0.396 e. The minimum absolute atomic E-state index is 0.123. The highest BCUT2D eigenvalue weighted by Crippen LogP contribution is 2.19. The van der Waals surface area contributed by atoms with Crippen LogP contribution in [0.25, 0.3) is 0 Å². The molecule has 0 aromatic carbocycles. The van der Waals surface area contributed by atoms with E-state index >= 15 is 0 Å². The van der Waals surface area contributed by atoms with E-state index in [4.69, 9.17) is 0 Å². The van der Waals surface area contributed by atoms with Gasteiger partial charge in [0.1, 0.15) is 6.23 Å². The molecule has 1 unspecified atom stereocenters. The molecular formula is C19H36N2O3. The second-order valence-corrected chi connectivity index (χ2v) is 6.85. The van der Waals surface area contributed by atoms with Crippen LogP contribution in [-0.4, -0.2) is 53.0 Å². The van der Waals surface area contributed by atoms with Crippen molar-refractivity contribution in [1.82, 2.24) is 10.2 Å². The lowest BCUT2D eigenvalue weighted by molar-refractivity contribution is -0.120. The number of hydrogen-bond donors (Lipinski definition) is 3. The predicted octanol–water partition coefficient (Wildman–Crippen LogP) is 2.43. The van der Waals surface area contributed by atoms with Gasteiger partial charge in [0.2, 0.25) is 5.91 Å². The number of nitrogens with one attached hydrogen (secondary N) is 1. The summed E-state index contributed by atoms with van der Waals surface area (Å²) < 4.78 is 0. The summed E-state index contributed by atoms with van der Waals surface area (Å²) >= 11 is 0. The van der Waals surface area contributed by atoms with Gasteiger partial charge in [-0.25, -0.2) is 0 Å². The smallest absolute Gasteiger partial charge is 0.244 e. The topological polar surface area (TPSA) is 72.8 Å². The lowest BCUT2D eigenvalue weighted by Crippen LogP contribution is -2.53. The van der Waals surface area contributed by atoms with E-state index in [0.29, 0.717) is 12.3 Å². The molecule has 0 radical (unpaired) electrons. The van der Waals surface area contributed by atoms with Crippen LogP contribution in [0.3, 0.4) is 0 Å². The van der Waals surface area contributed by atoms with Gasteiger partial charge in [-0.05, 0) is 44.1 Å². The summed E-state index contributed by atoms with van der Waals surface area (Å²) in [6, 6.07) is -0.257. The SMILES string of the molecule is CCCCCC/C=C/C(=O)N[C@@H](CC)C(O)N1CCC(CO)CC1. The second kappa shape index (κ2) is 12.5. The number of nitrogens with zero attached hydrogens (tertiary/aromatic N) is 1. The van der Waals surface area contributed by atoms with Crippen LogP contribution < -0.4 is 5.32 Å². The van der Waals surface area contributed by atoms with Crippen molar-refractivity contribution in [3.63, 3.8) is 0 Å². The van der Waals surface area contributed by atoms with E-state index < -0.39 is 6.23 Å². The molecule has 1 aliphatic heterocycles. The number of piperidine rings is 1. The number of hydrogen-bond acceptors (Lipinski definition) is 4. The summed E-state index contributed by atoms with van der Waals surface area (Å²) in [4.78, 5) is 14.0. The molecule has 2 atom stereocenters. The summed E-state index contributed by atoms with van der Waals surface area (Å²) in [5.74, 6) is 0.223. The Labute approximate surface area is 147 Å². The highest BCUT2D eigenvalue weighted by atomic mass is 16.3. The van der Waals surface area contributed by atoms with Crippen molar-refractivity contribution in [1.29, 1.82) is 0 Å². The van der Waals surface area contributed by atoms with Crippen LogP contribution in [0.15, 0.2) is 12.2 Å². The molecule has 0 saturated carbocycles. The maximum atomic E-state index is 12.0. The Morgan fingerprint density at radius 1 is 1.25 bits per heavy atom. The standard InChI is InChI=1S/C19H36N2O3/c1-3-5-6-7-8-9-10-18(23)20-17(4-2)19(24)21-13-11-16(15-22)12-14-21/h9-10,16-17,19,22,24H,3-8,11-15H2,1-2H3,(H,20,23)/b10-9+/t17-,19?/m0/s1. The highest BCUT2D eigenvalue weighted by Gasteiger charge is 2.28. The molecule has 24 heavy (non-hydrogen) atoms. The molecule has 1 amide bonds. The molecule has 1 heterocycles. The van der Waals surface area contributed by atoms with Crippen LogP contribution in [0, 0.1) is 5.92 Å². The predicted molar refractivity (Wildman–Crippen MR) is 97.5 cm³/mol. The molecule has 1 aliphatic rings. The molecule has 0 aromatic rings. The van der Waals surface area contributed by atoms with Crippen LogP contribution in [0.5, 0.6) is 0 Å². The van der Waals surface area contributed by atoms with Crippen molar-refractivity contribution >= 4 is 5.91 Å². The number of carbonyl (C=O) groups excluding carboxylic acids is 1. The molecule has 1 fully saturated rings. The first kappa shape index (κ1) is 21.1. The van der Waals surface area contributed by atoms with Gasteiger partial charge in [0.25, 0.3) is 0 Å². The first-order valence-corrected chi connectivity index (χ1v) is 9.62. The third-order valence-electron chi connectivity index (χ3n) is 4.90. The van der Waals surface area contributed by atoms with Gasteiger partial charge < -0.3 is 15.5 Å². The normalized spacial score (nSPS) is 19.5. The van der Waals surface area contributed by atoms with Crippen LogP contribution in [0.2, 0.25) is 0 Å². The lowest BCUT2D eigenvalue weighted by Gasteiger charge is -2.37. The Hall–Kier alpha value is -0.910. The molecule has 5 heteroatoms. The quantitative estimate of drug-likeness (QED) is 0.399. The minimum atomic E-state index is -0.656. The number of aliphatic hydroxyl groups excluding tert-OH is 2. The molecule has 0 aliphatic carbocycles. The van der Waals surface area contributed by atoms with Crippen LogP contribution in [-0.2, 0) is 4.79 Å². The van der Waals surface area contributed by atoms with E-state index in [1.165, 1.54) is 19.3 Å². The summed E-state index contributed by atoms with van der Waals surface area (Å²) in [5.41, 5.74) is 0.